The first-order valence-electron chi connectivity index (χ1n) is 8.53. The van der Waals surface area contributed by atoms with Crippen molar-refractivity contribution in [3.63, 3.8) is 0 Å². The molecule has 6 heteroatoms. The zero-order chi connectivity index (χ0) is 18.3. The lowest BCUT2D eigenvalue weighted by Crippen LogP contribution is -2.31. The van der Waals surface area contributed by atoms with Crippen LogP contribution in [-0.2, 0) is 6.42 Å². The van der Waals surface area contributed by atoms with Gasteiger partial charge in [-0.05, 0) is 66.8 Å². The van der Waals surface area contributed by atoms with Gasteiger partial charge in [-0.1, -0.05) is 17.7 Å². The van der Waals surface area contributed by atoms with Crippen LogP contribution >= 0.6 is 11.6 Å². The van der Waals surface area contributed by atoms with Crippen LogP contribution in [0.25, 0.3) is 10.9 Å². The first kappa shape index (κ1) is 16.7. The summed E-state index contributed by atoms with van der Waals surface area (Å²) >= 11 is 6.01. The number of nitrogens with one attached hydrogen (secondary N) is 2. The van der Waals surface area contributed by atoms with E-state index < -0.39 is 5.91 Å². The number of rotatable bonds is 3. The number of amides is 2. The van der Waals surface area contributed by atoms with Gasteiger partial charge in [0, 0.05) is 21.5 Å². The van der Waals surface area contributed by atoms with Crippen LogP contribution in [0.3, 0.4) is 0 Å². The van der Waals surface area contributed by atoms with Gasteiger partial charge in [0.15, 0.2) is 0 Å². The molecule has 0 radical (unpaired) electrons. The predicted molar refractivity (Wildman–Crippen MR) is 101 cm³/mol. The number of benzene rings is 2. The van der Waals surface area contributed by atoms with Crippen LogP contribution in [0.15, 0.2) is 42.5 Å². The fourth-order valence-corrected chi connectivity index (χ4v) is 3.76. The Kier molecular flexibility index (Phi) is 4.17. The van der Waals surface area contributed by atoms with Gasteiger partial charge in [0.25, 0.3) is 5.91 Å². The summed E-state index contributed by atoms with van der Waals surface area (Å²) in [6.07, 6.45) is 2.69. The number of carbonyl (C=O) groups is 2. The minimum absolute atomic E-state index is 0.0804. The Morgan fingerprint density at radius 2 is 2.00 bits per heavy atom. The average Bonchev–Trinajstić information content (AvgIpc) is 3.04. The van der Waals surface area contributed by atoms with Gasteiger partial charge in [0.2, 0.25) is 5.91 Å². The van der Waals surface area contributed by atoms with Crippen molar-refractivity contribution in [1.29, 1.82) is 0 Å². The van der Waals surface area contributed by atoms with Crippen molar-refractivity contribution in [3.05, 3.63) is 69.9 Å². The topological polar surface area (TPSA) is 88.0 Å². The van der Waals surface area contributed by atoms with Gasteiger partial charge < -0.3 is 16.0 Å². The average molecular weight is 368 g/mol. The molecule has 0 saturated heterocycles. The molecule has 1 aromatic heterocycles. The number of H-pyrrole nitrogens is 1. The second-order valence-corrected chi connectivity index (χ2v) is 7.05. The lowest BCUT2D eigenvalue weighted by atomic mass is 9.86. The number of aryl methyl sites for hydroxylation is 1. The van der Waals surface area contributed by atoms with Gasteiger partial charge in [-0.25, -0.2) is 0 Å². The molecule has 132 valence electrons. The van der Waals surface area contributed by atoms with Gasteiger partial charge in [0.1, 0.15) is 5.69 Å². The molecule has 5 nitrogen and oxygen atoms in total. The van der Waals surface area contributed by atoms with Crippen LogP contribution < -0.4 is 11.1 Å². The summed E-state index contributed by atoms with van der Waals surface area (Å²) in [5, 5.41) is 4.63. The van der Waals surface area contributed by atoms with Crippen molar-refractivity contribution in [3.8, 4) is 0 Å². The largest absolute Gasteiger partial charge is 0.366 e. The second kappa shape index (κ2) is 6.50. The van der Waals surface area contributed by atoms with E-state index in [0.29, 0.717) is 16.3 Å². The van der Waals surface area contributed by atoms with E-state index in [9.17, 15) is 9.59 Å². The first-order chi connectivity index (χ1) is 12.5. The third kappa shape index (κ3) is 3.06. The standard InChI is InChI=1S/C20H18ClN3O2/c21-14-5-7-16-13(9-14)10-18(23-16)20(26)24-17-3-1-2-11-8-12(19(22)25)4-6-15(11)17/h4-10,17,23H,1-3H2,(H2,22,25)(H,24,26). The minimum atomic E-state index is -0.435. The molecule has 1 unspecified atom stereocenters. The summed E-state index contributed by atoms with van der Waals surface area (Å²) in [6.45, 7) is 0. The Morgan fingerprint density at radius 3 is 2.81 bits per heavy atom. The van der Waals surface area contributed by atoms with E-state index in [1.807, 2.05) is 24.3 Å². The van der Waals surface area contributed by atoms with Crippen LogP contribution in [-0.4, -0.2) is 16.8 Å². The predicted octanol–water partition coefficient (Wildman–Crippen LogP) is 3.73. The van der Waals surface area contributed by atoms with E-state index in [0.717, 1.165) is 41.3 Å². The number of primary amides is 1. The Bertz CT molecular complexity index is 1030. The summed E-state index contributed by atoms with van der Waals surface area (Å²) < 4.78 is 0. The molecule has 4 rings (SSSR count). The van der Waals surface area contributed by atoms with Crippen molar-refractivity contribution in [2.45, 2.75) is 25.3 Å². The fraction of sp³-hybridized carbons (Fsp3) is 0.200. The molecule has 3 aromatic rings. The summed E-state index contributed by atoms with van der Waals surface area (Å²) in [4.78, 5) is 27.2. The van der Waals surface area contributed by atoms with E-state index in [4.69, 9.17) is 17.3 Å². The molecular weight excluding hydrogens is 350 g/mol. The Morgan fingerprint density at radius 1 is 1.15 bits per heavy atom. The van der Waals surface area contributed by atoms with E-state index in [2.05, 4.69) is 10.3 Å². The molecule has 2 aromatic carbocycles. The Hall–Kier alpha value is -2.79. The highest BCUT2D eigenvalue weighted by atomic mass is 35.5. The number of fused-ring (bicyclic) bond motifs is 2. The molecule has 26 heavy (non-hydrogen) atoms. The van der Waals surface area contributed by atoms with Crippen molar-refractivity contribution in [2.75, 3.05) is 0 Å². The van der Waals surface area contributed by atoms with Gasteiger partial charge >= 0.3 is 0 Å². The summed E-state index contributed by atoms with van der Waals surface area (Å²) in [5.41, 5.74) is 9.36. The number of nitrogens with two attached hydrogens (primary N) is 1. The van der Waals surface area contributed by atoms with E-state index in [1.54, 1.807) is 18.2 Å². The number of halogens is 1. The molecule has 0 fully saturated rings. The molecule has 0 bridgehead atoms. The number of carbonyl (C=O) groups excluding carboxylic acids is 2. The lowest BCUT2D eigenvalue weighted by Gasteiger charge is -2.26. The minimum Gasteiger partial charge on any atom is -0.366 e. The van der Waals surface area contributed by atoms with E-state index in [-0.39, 0.29) is 11.9 Å². The maximum Gasteiger partial charge on any atom is 0.268 e. The van der Waals surface area contributed by atoms with Gasteiger partial charge in [-0.2, -0.15) is 0 Å². The molecule has 1 heterocycles. The molecule has 1 aliphatic carbocycles. The SMILES string of the molecule is NC(=O)c1ccc2c(c1)CCCC2NC(=O)c1cc2cc(Cl)ccc2[nH]1. The van der Waals surface area contributed by atoms with Crippen LogP contribution in [0.4, 0.5) is 0 Å². The highest BCUT2D eigenvalue weighted by Gasteiger charge is 2.23. The molecule has 0 saturated carbocycles. The van der Waals surface area contributed by atoms with E-state index in [1.165, 1.54) is 0 Å². The summed E-state index contributed by atoms with van der Waals surface area (Å²) in [7, 11) is 0. The number of aromatic amines is 1. The Balaban J connectivity index is 1.59. The molecule has 0 aliphatic heterocycles. The summed E-state index contributed by atoms with van der Waals surface area (Å²) in [5.74, 6) is -0.593. The van der Waals surface area contributed by atoms with Gasteiger partial charge in [-0.3, -0.25) is 9.59 Å². The van der Waals surface area contributed by atoms with Gasteiger partial charge in [-0.15, -0.1) is 0 Å². The maximum absolute atomic E-state index is 12.7. The number of hydrogen-bond donors (Lipinski definition) is 3. The Labute approximate surface area is 155 Å². The molecular formula is C20H18ClN3O2. The monoisotopic (exact) mass is 367 g/mol. The van der Waals surface area contributed by atoms with Crippen molar-refractivity contribution in [2.24, 2.45) is 5.73 Å². The fourth-order valence-electron chi connectivity index (χ4n) is 3.58. The zero-order valence-electron chi connectivity index (χ0n) is 14.0. The molecule has 1 aliphatic rings. The first-order valence-corrected chi connectivity index (χ1v) is 8.91. The third-order valence-corrected chi connectivity index (χ3v) is 5.11. The quantitative estimate of drug-likeness (QED) is 0.658. The van der Waals surface area contributed by atoms with Crippen LogP contribution in [0.5, 0.6) is 0 Å². The molecule has 1 atom stereocenters. The van der Waals surface area contributed by atoms with Crippen molar-refractivity contribution < 1.29 is 9.59 Å². The van der Waals surface area contributed by atoms with E-state index >= 15 is 0 Å². The van der Waals surface area contributed by atoms with Crippen LogP contribution in [0, 0.1) is 0 Å². The van der Waals surface area contributed by atoms with Gasteiger partial charge in [0.05, 0.1) is 6.04 Å². The molecule has 4 N–H and O–H groups in total. The second-order valence-electron chi connectivity index (χ2n) is 6.61. The van der Waals surface area contributed by atoms with Crippen molar-refractivity contribution in [1.82, 2.24) is 10.3 Å². The summed E-state index contributed by atoms with van der Waals surface area (Å²) in [6, 6.07) is 12.6. The smallest absolute Gasteiger partial charge is 0.268 e. The lowest BCUT2D eigenvalue weighted by molar-refractivity contribution is 0.0927. The normalized spacial score (nSPS) is 16.3. The number of aromatic nitrogens is 1. The third-order valence-electron chi connectivity index (χ3n) is 4.87. The highest BCUT2D eigenvalue weighted by Crippen LogP contribution is 2.31. The number of hydrogen-bond acceptors (Lipinski definition) is 2. The molecule has 2 amide bonds. The van der Waals surface area contributed by atoms with Crippen LogP contribution in [0.2, 0.25) is 5.02 Å². The maximum atomic E-state index is 12.7. The van der Waals surface area contributed by atoms with Crippen molar-refractivity contribution >= 4 is 34.3 Å². The zero-order valence-corrected chi connectivity index (χ0v) is 14.8. The van der Waals surface area contributed by atoms with Crippen LogP contribution in [0.1, 0.15) is 50.9 Å². The highest BCUT2D eigenvalue weighted by molar-refractivity contribution is 6.31. The molecule has 0 spiro atoms.